The summed E-state index contributed by atoms with van der Waals surface area (Å²) in [6.45, 7) is 0. The van der Waals surface area contributed by atoms with Gasteiger partial charge < -0.3 is 19.9 Å². The standard InChI is InChI=1S/C16H15ClN4O3/c1-20(2)15(22)11-5-4-10(6-12(11)17)21-8-9(7-18)13(19)14(21)16(23)24-3/h4-6,8H,19H2,1-3H3. The molecule has 2 rings (SSSR count). The molecule has 7 nitrogen and oxygen atoms in total. The Bertz CT molecular complexity index is 865. The van der Waals surface area contributed by atoms with Gasteiger partial charge in [-0.3, -0.25) is 4.79 Å². The number of anilines is 1. The Morgan fingerprint density at radius 2 is 2.04 bits per heavy atom. The minimum Gasteiger partial charge on any atom is -0.464 e. The lowest BCUT2D eigenvalue weighted by molar-refractivity contribution is 0.0592. The van der Waals surface area contributed by atoms with Gasteiger partial charge >= 0.3 is 5.97 Å². The summed E-state index contributed by atoms with van der Waals surface area (Å²) < 4.78 is 6.13. The van der Waals surface area contributed by atoms with Crippen LogP contribution in [0, 0.1) is 11.3 Å². The molecule has 2 N–H and O–H groups in total. The first-order valence-corrected chi connectivity index (χ1v) is 7.20. The van der Waals surface area contributed by atoms with E-state index in [0.29, 0.717) is 11.3 Å². The highest BCUT2D eigenvalue weighted by Gasteiger charge is 2.22. The molecule has 8 heteroatoms. The van der Waals surface area contributed by atoms with Crippen molar-refractivity contribution in [1.82, 2.24) is 9.47 Å². The van der Waals surface area contributed by atoms with Crippen LogP contribution >= 0.6 is 11.6 Å². The van der Waals surface area contributed by atoms with Crippen LogP contribution in [0.3, 0.4) is 0 Å². The largest absolute Gasteiger partial charge is 0.464 e. The number of aromatic nitrogens is 1. The summed E-state index contributed by atoms with van der Waals surface area (Å²) in [7, 11) is 4.46. The molecule has 1 aromatic carbocycles. The second-order valence-corrected chi connectivity index (χ2v) is 5.55. The van der Waals surface area contributed by atoms with E-state index in [4.69, 9.17) is 27.3 Å². The second kappa shape index (κ2) is 6.64. The molecule has 2 aromatic rings. The number of ether oxygens (including phenoxy) is 1. The zero-order chi connectivity index (χ0) is 18.0. The van der Waals surface area contributed by atoms with Crippen LogP contribution in [0.1, 0.15) is 26.4 Å². The number of halogens is 1. The summed E-state index contributed by atoms with van der Waals surface area (Å²) in [5.74, 6) is -0.928. The Morgan fingerprint density at radius 1 is 1.38 bits per heavy atom. The van der Waals surface area contributed by atoms with Crippen molar-refractivity contribution in [3.8, 4) is 11.8 Å². The van der Waals surface area contributed by atoms with Gasteiger partial charge in [-0.25, -0.2) is 4.79 Å². The van der Waals surface area contributed by atoms with Gasteiger partial charge in [-0.05, 0) is 18.2 Å². The Hall–Kier alpha value is -2.98. The molecule has 0 spiro atoms. The van der Waals surface area contributed by atoms with Gasteiger partial charge in [-0.15, -0.1) is 0 Å². The van der Waals surface area contributed by atoms with Gasteiger partial charge in [0.25, 0.3) is 5.91 Å². The number of nitrogen functional groups attached to an aromatic ring is 1. The SMILES string of the molecule is COC(=O)c1c(N)c(C#N)cn1-c1ccc(C(=O)N(C)C)c(Cl)c1. The first kappa shape index (κ1) is 17.4. The van der Waals surface area contributed by atoms with E-state index < -0.39 is 5.97 Å². The molecule has 0 aliphatic rings. The Kier molecular flexibility index (Phi) is 4.81. The van der Waals surface area contributed by atoms with Crippen molar-refractivity contribution in [2.24, 2.45) is 0 Å². The van der Waals surface area contributed by atoms with Crippen LogP contribution in [-0.4, -0.2) is 42.5 Å². The minimum absolute atomic E-state index is 0.0221. The van der Waals surface area contributed by atoms with Crippen LogP contribution in [0.5, 0.6) is 0 Å². The summed E-state index contributed by atoms with van der Waals surface area (Å²) >= 11 is 6.19. The van der Waals surface area contributed by atoms with Crippen LogP contribution in [0.25, 0.3) is 5.69 Å². The van der Waals surface area contributed by atoms with Gasteiger partial charge in [-0.2, -0.15) is 5.26 Å². The molecule has 0 unspecified atom stereocenters. The summed E-state index contributed by atoms with van der Waals surface area (Å²) in [5, 5.41) is 9.33. The van der Waals surface area contributed by atoms with E-state index in [1.54, 1.807) is 26.2 Å². The Labute approximate surface area is 143 Å². The maximum absolute atomic E-state index is 12.0. The first-order chi connectivity index (χ1) is 11.3. The lowest BCUT2D eigenvalue weighted by Gasteiger charge is -2.13. The predicted octanol–water partition coefficient (Wildman–Crippen LogP) is 2.07. The van der Waals surface area contributed by atoms with Crippen molar-refractivity contribution in [3.05, 3.63) is 46.2 Å². The first-order valence-electron chi connectivity index (χ1n) is 6.82. The van der Waals surface area contributed by atoms with E-state index >= 15 is 0 Å². The molecule has 124 valence electrons. The number of nitrogens with two attached hydrogens (primary N) is 1. The van der Waals surface area contributed by atoms with E-state index in [1.165, 1.54) is 28.8 Å². The average molecular weight is 347 g/mol. The molecule has 0 atom stereocenters. The third kappa shape index (κ3) is 2.92. The van der Waals surface area contributed by atoms with Gasteiger partial charge in [0.05, 0.1) is 28.9 Å². The third-order valence-electron chi connectivity index (χ3n) is 3.41. The normalized spacial score (nSPS) is 10.1. The smallest absolute Gasteiger partial charge is 0.357 e. The number of carbonyl (C=O) groups excluding carboxylic acids is 2. The highest BCUT2D eigenvalue weighted by atomic mass is 35.5. The molecule has 0 saturated heterocycles. The monoisotopic (exact) mass is 346 g/mol. The molecule has 0 fully saturated rings. The fourth-order valence-electron chi connectivity index (χ4n) is 2.19. The maximum Gasteiger partial charge on any atom is 0.357 e. The van der Waals surface area contributed by atoms with Gasteiger partial charge in [-0.1, -0.05) is 11.6 Å². The van der Waals surface area contributed by atoms with Crippen molar-refractivity contribution in [2.75, 3.05) is 26.9 Å². The van der Waals surface area contributed by atoms with Crippen LogP contribution in [0.15, 0.2) is 24.4 Å². The molecule has 1 amide bonds. The topological polar surface area (TPSA) is 101 Å². The van der Waals surface area contributed by atoms with E-state index in [0.717, 1.165) is 0 Å². The zero-order valence-corrected chi connectivity index (χ0v) is 14.1. The average Bonchev–Trinajstić information content (AvgIpc) is 2.89. The number of carbonyl (C=O) groups is 2. The van der Waals surface area contributed by atoms with Crippen LogP contribution in [0.2, 0.25) is 5.02 Å². The number of benzene rings is 1. The predicted molar refractivity (Wildman–Crippen MR) is 89.3 cm³/mol. The van der Waals surface area contributed by atoms with Gasteiger partial charge in [0.15, 0.2) is 5.69 Å². The number of amides is 1. The lowest BCUT2D eigenvalue weighted by Crippen LogP contribution is -2.22. The molecule has 24 heavy (non-hydrogen) atoms. The minimum atomic E-state index is -0.682. The highest BCUT2D eigenvalue weighted by molar-refractivity contribution is 6.34. The summed E-state index contributed by atoms with van der Waals surface area (Å²) in [5.41, 5.74) is 6.83. The molecule has 0 radical (unpaired) electrons. The summed E-state index contributed by atoms with van der Waals surface area (Å²) in [4.78, 5) is 25.4. The van der Waals surface area contributed by atoms with E-state index in [-0.39, 0.29) is 27.9 Å². The number of rotatable bonds is 3. The molecule has 1 heterocycles. The molecular weight excluding hydrogens is 332 g/mol. The molecule has 1 aromatic heterocycles. The summed E-state index contributed by atoms with van der Waals surface area (Å²) in [6.07, 6.45) is 1.42. The van der Waals surface area contributed by atoms with Crippen molar-refractivity contribution >= 4 is 29.2 Å². The van der Waals surface area contributed by atoms with E-state index in [2.05, 4.69) is 0 Å². The van der Waals surface area contributed by atoms with Crippen molar-refractivity contribution < 1.29 is 14.3 Å². The van der Waals surface area contributed by atoms with Crippen LogP contribution in [0.4, 0.5) is 5.69 Å². The molecule has 0 saturated carbocycles. The lowest BCUT2D eigenvalue weighted by atomic mass is 10.1. The van der Waals surface area contributed by atoms with Crippen LogP contribution < -0.4 is 5.73 Å². The number of nitrogens with zero attached hydrogens (tertiary/aromatic N) is 3. The van der Waals surface area contributed by atoms with E-state index in [1.807, 2.05) is 6.07 Å². The number of methoxy groups -OCH3 is 1. The zero-order valence-electron chi connectivity index (χ0n) is 13.3. The highest BCUT2D eigenvalue weighted by Crippen LogP contribution is 2.27. The van der Waals surface area contributed by atoms with Crippen molar-refractivity contribution in [1.29, 1.82) is 5.26 Å². The fraction of sp³-hybridized carbons (Fsp3) is 0.188. The fourth-order valence-corrected chi connectivity index (χ4v) is 2.44. The number of esters is 1. The van der Waals surface area contributed by atoms with Gasteiger partial charge in [0.1, 0.15) is 6.07 Å². The molecular formula is C16H15ClN4O3. The molecule has 0 aliphatic heterocycles. The van der Waals surface area contributed by atoms with E-state index in [9.17, 15) is 9.59 Å². The second-order valence-electron chi connectivity index (χ2n) is 5.14. The van der Waals surface area contributed by atoms with Crippen molar-refractivity contribution in [3.63, 3.8) is 0 Å². The number of nitriles is 1. The quantitative estimate of drug-likeness (QED) is 0.857. The Balaban J connectivity index is 2.61. The van der Waals surface area contributed by atoms with Crippen molar-refractivity contribution in [2.45, 2.75) is 0 Å². The van der Waals surface area contributed by atoms with Gasteiger partial charge in [0.2, 0.25) is 0 Å². The Morgan fingerprint density at radius 3 is 2.54 bits per heavy atom. The number of hydrogen-bond donors (Lipinski definition) is 1. The van der Waals surface area contributed by atoms with Crippen LogP contribution in [-0.2, 0) is 4.74 Å². The summed E-state index contributed by atoms with van der Waals surface area (Å²) in [6, 6.07) is 6.59. The molecule has 0 aliphatic carbocycles. The maximum atomic E-state index is 12.0. The number of hydrogen-bond acceptors (Lipinski definition) is 5. The molecule has 0 bridgehead atoms. The third-order valence-corrected chi connectivity index (χ3v) is 3.72. The van der Waals surface area contributed by atoms with Gasteiger partial charge in [0, 0.05) is 26.0 Å².